The number of carbonyl (C=O) groups is 1. The summed E-state index contributed by atoms with van der Waals surface area (Å²) in [7, 11) is 0. The first kappa shape index (κ1) is 23.3. The number of fused-ring (bicyclic) bond motifs is 1. The molecule has 0 saturated heterocycles. The zero-order chi connectivity index (χ0) is 23.5. The minimum atomic E-state index is -0.847. The highest BCUT2D eigenvalue weighted by Crippen LogP contribution is 2.30. The Balaban J connectivity index is 1.42. The number of amides is 1. The summed E-state index contributed by atoms with van der Waals surface area (Å²) in [5.41, 5.74) is 3.06. The summed E-state index contributed by atoms with van der Waals surface area (Å²) in [5.74, 6) is 0.530. The Labute approximate surface area is 210 Å². The van der Waals surface area contributed by atoms with Gasteiger partial charge in [0.1, 0.15) is 11.6 Å². The molecule has 0 bridgehead atoms. The van der Waals surface area contributed by atoms with E-state index in [0.717, 1.165) is 11.0 Å². The lowest BCUT2D eigenvalue weighted by Crippen LogP contribution is -2.42. The second kappa shape index (κ2) is 9.97. The van der Waals surface area contributed by atoms with Crippen molar-refractivity contribution in [2.75, 3.05) is 5.32 Å². The highest BCUT2D eigenvalue weighted by atomic mass is 35.5. The van der Waals surface area contributed by atoms with Crippen LogP contribution < -0.4 is 15.4 Å². The summed E-state index contributed by atoms with van der Waals surface area (Å²) in [6.45, 7) is 1.59. The first-order valence-electron chi connectivity index (χ1n) is 9.78. The molecule has 1 heterocycles. The molecule has 3 aromatic carbocycles. The molecule has 0 radical (unpaired) electrons. The number of hydrogen-bond donors (Lipinski definition) is 3. The zero-order valence-electron chi connectivity index (χ0n) is 17.2. The molecule has 0 aliphatic carbocycles. The molecule has 1 aromatic heterocycles. The van der Waals surface area contributed by atoms with Crippen LogP contribution in [0.15, 0.2) is 60.7 Å². The monoisotopic (exact) mass is 518 g/mol. The number of nitrogens with one attached hydrogen (secondary N) is 3. The molecule has 0 spiro atoms. The largest absolute Gasteiger partial charge is 0.479 e. The van der Waals surface area contributed by atoms with Crippen LogP contribution in [-0.4, -0.2) is 27.1 Å². The van der Waals surface area contributed by atoms with Gasteiger partial charge in [-0.2, -0.15) is 0 Å². The third-order valence-electron chi connectivity index (χ3n) is 4.67. The topological polar surface area (TPSA) is 79.0 Å². The van der Waals surface area contributed by atoms with Crippen molar-refractivity contribution < 1.29 is 9.53 Å². The van der Waals surface area contributed by atoms with E-state index in [1.165, 1.54) is 6.07 Å². The van der Waals surface area contributed by atoms with E-state index in [1.807, 2.05) is 24.3 Å². The molecule has 6 nitrogen and oxygen atoms in total. The molecule has 1 atom stereocenters. The van der Waals surface area contributed by atoms with E-state index < -0.39 is 12.0 Å². The van der Waals surface area contributed by atoms with Crippen LogP contribution in [0, 0.1) is 0 Å². The molecule has 168 valence electrons. The predicted molar refractivity (Wildman–Crippen MR) is 137 cm³/mol. The van der Waals surface area contributed by atoms with E-state index >= 15 is 0 Å². The van der Waals surface area contributed by atoms with Gasteiger partial charge in [-0.3, -0.25) is 10.1 Å². The van der Waals surface area contributed by atoms with E-state index in [2.05, 4.69) is 20.6 Å². The Morgan fingerprint density at radius 1 is 1.06 bits per heavy atom. The van der Waals surface area contributed by atoms with Gasteiger partial charge in [0.2, 0.25) is 0 Å². The number of nitrogens with zero attached hydrogens (tertiary/aromatic N) is 1. The molecule has 10 heteroatoms. The Morgan fingerprint density at radius 2 is 1.85 bits per heavy atom. The average molecular weight is 520 g/mol. The Kier molecular flexibility index (Phi) is 7.05. The molecular weight excluding hydrogens is 503 g/mol. The predicted octanol–water partition coefficient (Wildman–Crippen LogP) is 6.47. The summed E-state index contributed by atoms with van der Waals surface area (Å²) in [5, 5.41) is 7.00. The summed E-state index contributed by atoms with van der Waals surface area (Å²) in [6.07, 6.45) is -0.847. The van der Waals surface area contributed by atoms with Gasteiger partial charge in [0.05, 0.1) is 21.1 Å². The average Bonchev–Trinajstić information content (AvgIpc) is 3.21. The summed E-state index contributed by atoms with van der Waals surface area (Å²) in [4.78, 5) is 20.3. The molecule has 1 unspecified atom stereocenters. The van der Waals surface area contributed by atoms with Crippen molar-refractivity contribution in [3.63, 3.8) is 0 Å². The highest BCUT2D eigenvalue weighted by molar-refractivity contribution is 7.80. The van der Waals surface area contributed by atoms with E-state index in [9.17, 15) is 4.79 Å². The van der Waals surface area contributed by atoms with E-state index in [1.54, 1.807) is 37.3 Å². The van der Waals surface area contributed by atoms with Gasteiger partial charge >= 0.3 is 0 Å². The van der Waals surface area contributed by atoms with Crippen LogP contribution in [-0.2, 0) is 4.79 Å². The van der Waals surface area contributed by atoms with Crippen molar-refractivity contribution >= 4 is 74.8 Å². The lowest BCUT2D eigenvalue weighted by atomic mass is 10.2. The minimum absolute atomic E-state index is 0.107. The molecule has 0 aliphatic heterocycles. The van der Waals surface area contributed by atoms with Crippen molar-refractivity contribution in [1.82, 2.24) is 15.3 Å². The fraction of sp³-hybridized carbons (Fsp3) is 0.0870. The molecule has 33 heavy (non-hydrogen) atoms. The summed E-state index contributed by atoms with van der Waals surface area (Å²) >= 11 is 23.7. The molecule has 1 amide bonds. The SMILES string of the molecule is CC(Oc1ccc(Cl)cc1Cl)C(=O)NC(=S)Nc1ccc(Cl)c(-c2nc3ccccc3[nH]2)c1. The number of benzene rings is 3. The maximum absolute atomic E-state index is 12.5. The van der Waals surface area contributed by atoms with Crippen LogP contribution in [0.4, 0.5) is 5.69 Å². The van der Waals surface area contributed by atoms with Gasteiger partial charge in [-0.15, -0.1) is 0 Å². The maximum atomic E-state index is 12.5. The number of H-pyrrole nitrogens is 1. The number of ether oxygens (including phenoxy) is 1. The number of carbonyl (C=O) groups excluding carboxylic acids is 1. The Bertz CT molecular complexity index is 1330. The number of hydrogen-bond acceptors (Lipinski definition) is 4. The summed E-state index contributed by atoms with van der Waals surface area (Å²) < 4.78 is 5.61. The van der Waals surface area contributed by atoms with E-state index in [0.29, 0.717) is 37.9 Å². The smallest absolute Gasteiger partial charge is 0.266 e. The number of imidazole rings is 1. The molecule has 4 rings (SSSR count). The van der Waals surface area contributed by atoms with Crippen LogP contribution in [0.25, 0.3) is 22.4 Å². The first-order chi connectivity index (χ1) is 15.8. The van der Waals surface area contributed by atoms with E-state index in [-0.39, 0.29) is 5.11 Å². The standard InChI is InChI=1S/C23H17Cl3N4O2S/c1-12(32-20-9-6-13(24)10-17(20)26)22(31)30-23(33)27-14-7-8-16(25)15(11-14)21-28-18-4-2-3-5-19(18)29-21/h2-12H,1H3,(H,28,29)(H2,27,30,31,33). The summed E-state index contributed by atoms with van der Waals surface area (Å²) in [6, 6.07) is 17.7. The van der Waals surface area contributed by atoms with Crippen molar-refractivity contribution in [2.24, 2.45) is 0 Å². The number of aromatic nitrogens is 2. The van der Waals surface area contributed by atoms with Gasteiger partial charge in [-0.1, -0.05) is 46.9 Å². The first-order valence-corrected chi connectivity index (χ1v) is 11.3. The number of aromatic amines is 1. The van der Waals surface area contributed by atoms with Gasteiger partial charge in [0.25, 0.3) is 5.91 Å². The number of para-hydroxylation sites is 2. The number of thiocarbonyl (C=S) groups is 1. The quantitative estimate of drug-likeness (QED) is 0.263. The normalized spacial score (nSPS) is 11.8. The molecular formula is C23H17Cl3N4O2S. The van der Waals surface area contributed by atoms with Gasteiger partial charge < -0.3 is 15.0 Å². The number of anilines is 1. The third kappa shape index (κ3) is 5.57. The maximum Gasteiger partial charge on any atom is 0.266 e. The lowest BCUT2D eigenvalue weighted by Gasteiger charge is -2.17. The van der Waals surface area contributed by atoms with Crippen molar-refractivity contribution in [2.45, 2.75) is 13.0 Å². The van der Waals surface area contributed by atoms with Gasteiger partial charge in [-0.25, -0.2) is 4.98 Å². The van der Waals surface area contributed by atoms with Gasteiger partial charge in [0.15, 0.2) is 11.2 Å². The van der Waals surface area contributed by atoms with Crippen LogP contribution in [0.3, 0.4) is 0 Å². The number of halogens is 3. The second-order valence-corrected chi connectivity index (χ2v) is 8.73. The molecule has 0 saturated carbocycles. The Hall–Kier alpha value is -2.84. The van der Waals surface area contributed by atoms with Crippen LogP contribution in [0.2, 0.25) is 15.1 Å². The third-order valence-corrected chi connectivity index (χ3v) is 5.74. The van der Waals surface area contributed by atoms with Crippen molar-refractivity contribution in [3.8, 4) is 17.1 Å². The van der Waals surface area contributed by atoms with Crippen LogP contribution in [0.1, 0.15) is 6.92 Å². The molecule has 4 aromatic rings. The zero-order valence-corrected chi connectivity index (χ0v) is 20.2. The fourth-order valence-electron chi connectivity index (χ4n) is 3.06. The second-order valence-electron chi connectivity index (χ2n) is 7.08. The van der Waals surface area contributed by atoms with Gasteiger partial charge in [-0.05, 0) is 67.7 Å². The van der Waals surface area contributed by atoms with Crippen molar-refractivity contribution in [3.05, 3.63) is 75.7 Å². The Morgan fingerprint density at radius 3 is 2.61 bits per heavy atom. The van der Waals surface area contributed by atoms with E-state index in [4.69, 9.17) is 51.8 Å². The number of rotatable bonds is 5. The fourth-order valence-corrected chi connectivity index (χ4v) is 3.93. The van der Waals surface area contributed by atoms with Crippen LogP contribution >= 0.6 is 47.0 Å². The minimum Gasteiger partial charge on any atom is -0.479 e. The van der Waals surface area contributed by atoms with Crippen molar-refractivity contribution in [1.29, 1.82) is 0 Å². The van der Waals surface area contributed by atoms with Gasteiger partial charge in [0, 0.05) is 16.3 Å². The van der Waals surface area contributed by atoms with Crippen LogP contribution in [0.5, 0.6) is 5.75 Å². The molecule has 3 N–H and O–H groups in total. The lowest BCUT2D eigenvalue weighted by molar-refractivity contribution is -0.125. The highest BCUT2D eigenvalue weighted by Gasteiger charge is 2.18. The molecule has 0 fully saturated rings. The molecule has 0 aliphatic rings.